The Morgan fingerprint density at radius 2 is 2.00 bits per heavy atom. The lowest BCUT2D eigenvalue weighted by atomic mass is 10.1. The standard InChI is InChI=1S/C16H16ClN3O3/c1-9(19-10(2)21)11-3-5-13(14(22)7-11)20-16(23)12-4-6-15(17)18-8-12/h3-9,22H,1-2H3,(H,19,21)(H,20,23). The maximum Gasteiger partial charge on any atom is 0.257 e. The maximum atomic E-state index is 12.1. The molecule has 1 aromatic carbocycles. The number of rotatable bonds is 4. The van der Waals surface area contributed by atoms with Gasteiger partial charge in [0, 0.05) is 13.1 Å². The van der Waals surface area contributed by atoms with E-state index < -0.39 is 5.91 Å². The fourth-order valence-corrected chi connectivity index (χ4v) is 2.13. The molecule has 0 aliphatic carbocycles. The second kappa shape index (κ2) is 7.11. The number of amides is 2. The number of anilines is 1. The number of phenolic OH excluding ortho intramolecular Hbond substituents is 1. The van der Waals surface area contributed by atoms with Crippen LogP contribution in [-0.4, -0.2) is 21.9 Å². The molecule has 1 aromatic heterocycles. The number of nitrogens with one attached hydrogen (secondary N) is 2. The van der Waals surface area contributed by atoms with Gasteiger partial charge in [-0.3, -0.25) is 9.59 Å². The van der Waals surface area contributed by atoms with Crippen molar-refractivity contribution >= 4 is 29.1 Å². The van der Waals surface area contributed by atoms with Crippen LogP contribution in [-0.2, 0) is 4.79 Å². The third-order valence-electron chi connectivity index (χ3n) is 3.18. The van der Waals surface area contributed by atoms with Crippen molar-refractivity contribution in [2.75, 3.05) is 5.32 Å². The largest absolute Gasteiger partial charge is 0.506 e. The highest BCUT2D eigenvalue weighted by atomic mass is 35.5. The number of phenols is 1. The van der Waals surface area contributed by atoms with E-state index in [1.54, 1.807) is 19.1 Å². The number of nitrogens with zero attached hydrogens (tertiary/aromatic N) is 1. The van der Waals surface area contributed by atoms with Crippen molar-refractivity contribution < 1.29 is 14.7 Å². The van der Waals surface area contributed by atoms with Crippen LogP contribution in [0.25, 0.3) is 0 Å². The van der Waals surface area contributed by atoms with Gasteiger partial charge in [-0.25, -0.2) is 4.98 Å². The van der Waals surface area contributed by atoms with Crippen LogP contribution < -0.4 is 10.6 Å². The molecule has 0 saturated heterocycles. The Balaban J connectivity index is 2.13. The van der Waals surface area contributed by atoms with E-state index in [4.69, 9.17) is 11.6 Å². The molecule has 2 rings (SSSR count). The molecular formula is C16H16ClN3O3. The molecule has 23 heavy (non-hydrogen) atoms. The van der Waals surface area contributed by atoms with Crippen LogP contribution in [0.2, 0.25) is 5.15 Å². The number of pyridine rings is 1. The number of hydrogen-bond acceptors (Lipinski definition) is 4. The number of hydrogen-bond donors (Lipinski definition) is 3. The Labute approximate surface area is 138 Å². The molecule has 3 N–H and O–H groups in total. The lowest BCUT2D eigenvalue weighted by Crippen LogP contribution is -2.23. The highest BCUT2D eigenvalue weighted by molar-refractivity contribution is 6.29. The highest BCUT2D eigenvalue weighted by Gasteiger charge is 2.12. The minimum Gasteiger partial charge on any atom is -0.506 e. The van der Waals surface area contributed by atoms with Crippen molar-refractivity contribution in [1.29, 1.82) is 0 Å². The lowest BCUT2D eigenvalue weighted by Gasteiger charge is -2.15. The van der Waals surface area contributed by atoms with Crippen molar-refractivity contribution in [3.8, 4) is 5.75 Å². The number of carbonyl (C=O) groups is 2. The summed E-state index contributed by atoms with van der Waals surface area (Å²) in [6.07, 6.45) is 1.35. The summed E-state index contributed by atoms with van der Waals surface area (Å²) < 4.78 is 0. The highest BCUT2D eigenvalue weighted by Crippen LogP contribution is 2.27. The first-order valence-electron chi connectivity index (χ1n) is 6.89. The van der Waals surface area contributed by atoms with Crippen molar-refractivity contribution in [3.63, 3.8) is 0 Å². The van der Waals surface area contributed by atoms with Crippen LogP contribution in [0.4, 0.5) is 5.69 Å². The molecule has 0 saturated carbocycles. The monoisotopic (exact) mass is 333 g/mol. The molecule has 0 aliphatic rings. The van der Waals surface area contributed by atoms with E-state index in [-0.39, 0.29) is 23.4 Å². The molecule has 7 heteroatoms. The zero-order valence-electron chi connectivity index (χ0n) is 12.6. The van der Waals surface area contributed by atoms with Gasteiger partial charge in [-0.2, -0.15) is 0 Å². The molecule has 1 unspecified atom stereocenters. The molecule has 0 radical (unpaired) electrons. The maximum absolute atomic E-state index is 12.1. The molecule has 6 nitrogen and oxygen atoms in total. The normalized spacial score (nSPS) is 11.6. The van der Waals surface area contributed by atoms with Gasteiger partial charge in [0.2, 0.25) is 5.91 Å². The zero-order valence-corrected chi connectivity index (χ0v) is 13.4. The molecule has 1 atom stereocenters. The number of halogens is 1. The van der Waals surface area contributed by atoms with Crippen molar-refractivity contribution in [2.45, 2.75) is 19.9 Å². The fourth-order valence-electron chi connectivity index (χ4n) is 2.02. The fraction of sp³-hybridized carbons (Fsp3) is 0.188. The van der Waals surface area contributed by atoms with E-state index in [2.05, 4.69) is 15.6 Å². The Morgan fingerprint density at radius 1 is 1.26 bits per heavy atom. The second-order valence-electron chi connectivity index (χ2n) is 5.02. The summed E-state index contributed by atoms with van der Waals surface area (Å²) in [4.78, 5) is 27.0. The molecular weight excluding hydrogens is 318 g/mol. The second-order valence-corrected chi connectivity index (χ2v) is 5.41. The summed E-state index contributed by atoms with van der Waals surface area (Å²) in [5, 5.41) is 15.7. The van der Waals surface area contributed by atoms with Gasteiger partial charge in [0.15, 0.2) is 0 Å². The predicted molar refractivity (Wildman–Crippen MR) is 87.5 cm³/mol. The van der Waals surface area contributed by atoms with E-state index >= 15 is 0 Å². The Bertz CT molecular complexity index is 732. The van der Waals surface area contributed by atoms with E-state index in [0.717, 1.165) is 5.56 Å². The molecule has 0 spiro atoms. The smallest absolute Gasteiger partial charge is 0.257 e. The summed E-state index contributed by atoms with van der Waals surface area (Å²) in [6, 6.07) is 7.59. The quantitative estimate of drug-likeness (QED) is 0.592. The van der Waals surface area contributed by atoms with Gasteiger partial charge in [0.25, 0.3) is 5.91 Å². The van der Waals surface area contributed by atoms with Gasteiger partial charge in [-0.1, -0.05) is 17.7 Å². The van der Waals surface area contributed by atoms with Crippen LogP contribution >= 0.6 is 11.6 Å². The first kappa shape index (κ1) is 16.8. The van der Waals surface area contributed by atoms with Crippen molar-refractivity contribution in [3.05, 3.63) is 52.8 Å². The van der Waals surface area contributed by atoms with Gasteiger partial charge in [-0.15, -0.1) is 0 Å². The SMILES string of the molecule is CC(=O)NC(C)c1ccc(NC(=O)c2ccc(Cl)nc2)c(O)c1. The van der Waals surface area contributed by atoms with Crippen molar-refractivity contribution in [1.82, 2.24) is 10.3 Å². The van der Waals surface area contributed by atoms with Crippen molar-refractivity contribution in [2.24, 2.45) is 0 Å². The van der Waals surface area contributed by atoms with Gasteiger partial charge in [0.05, 0.1) is 17.3 Å². The number of aromatic nitrogens is 1. The van der Waals surface area contributed by atoms with Gasteiger partial charge in [-0.05, 0) is 36.8 Å². The van der Waals surface area contributed by atoms with Crippen LogP contribution in [0.15, 0.2) is 36.5 Å². The van der Waals surface area contributed by atoms with E-state index in [0.29, 0.717) is 10.7 Å². The van der Waals surface area contributed by atoms with E-state index in [9.17, 15) is 14.7 Å². The zero-order chi connectivity index (χ0) is 17.0. The number of carbonyl (C=O) groups excluding carboxylic acids is 2. The third kappa shape index (κ3) is 4.43. The van der Waals surface area contributed by atoms with E-state index in [1.807, 2.05) is 0 Å². The van der Waals surface area contributed by atoms with Crippen LogP contribution in [0, 0.1) is 0 Å². The molecule has 0 fully saturated rings. The van der Waals surface area contributed by atoms with Gasteiger partial charge >= 0.3 is 0 Å². The molecule has 0 bridgehead atoms. The third-order valence-corrected chi connectivity index (χ3v) is 3.40. The predicted octanol–water partition coefficient (Wildman–Crippen LogP) is 2.89. The lowest BCUT2D eigenvalue weighted by molar-refractivity contribution is -0.119. The minimum absolute atomic E-state index is 0.0880. The summed E-state index contributed by atoms with van der Waals surface area (Å²) in [7, 11) is 0. The Hall–Kier alpha value is -2.60. The summed E-state index contributed by atoms with van der Waals surface area (Å²) >= 11 is 5.67. The van der Waals surface area contributed by atoms with Crippen LogP contribution in [0.3, 0.4) is 0 Å². The number of aromatic hydroxyl groups is 1. The molecule has 2 amide bonds. The first-order valence-corrected chi connectivity index (χ1v) is 7.27. The Kier molecular flexibility index (Phi) is 5.18. The summed E-state index contributed by atoms with van der Waals surface area (Å²) in [5.74, 6) is -0.660. The molecule has 0 aliphatic heterocycles. The molecule has 1 heterocycles. The number of benzene rings is 1. The Morgan fingerprint density at radius 3 is 2.57 bits per heavy atom. The first-order chi connectivity index (χ1) is 10.9. The van der Waals surface area contributed by atoms with E-state index in [1.165, 1.54) is 31.3 Å². The molecule has 2 aromatic rings. The summed E-state index contributed by atoms with van der Waals surface area (Å²) in [5.41, 5.74) is 1.32. The van der Waals surface area contributed by atoms with Gasteiger partial charge in [0.1, 0.15) is 10.9 Å². The average molecular weight is 334 g/mol. The topological polar surface area (TPSA) is 91.3 Å². The average Bonchev–Trinajstić information content (AvgIpc) is 2.49. The van der Waals surface area contributed by atoms with Gasteiger partial charge < -0.3 is 15.7 Å². The van der Waals surface area contributed by atoms with Crippen LogP contribution in [0.1, 0.15) is 35.8 Å². The molecule has 120 valence electrons. The minimum atomic E-state index is -0.410. The van der Waals surface area contributed by atoms with Crippen LogP contribution in [0.5, 0.6) is 5.75 Å². The summed E-state index contributed by atoms with van der Waals surface area (Å²) in [6.45, 7) is 3.22.